The Morgan fingerprint density at radius 2 is 2.22 bits per heavy atom. The second-order valence-corrected chi connectivity index (χ2v) is 2.28. The standard InChI is InChI=1S/C8H15O/c1-3-4-5-6-8(2)7-9/h4-5,8-9H,1,3,6-7H2,2H3. The van der Waals surface area contributed by atoms with E-state index in [2.05, 4.69) is 13.0 Å². The molecule has 0 aromatic rings. The van der Waals surface area contributed by atoms with Gasteiger partial charge in [-0.3, -0.25) is 0 Å². The number of aliphatic hydroxyl groups excluding tert-OH is 1. The molecule has 0 saturated heterocycles. The smallest absolute Gasteiger partial charge is 0.0459 e. The summed E-state index contributed by atoms with van der Waals surface area (Å²) in [5.74, 6) is 0.396. The summed E-state index contributed by atoms with van der Waals surface area (Å²) < 4.78 is 0. The van der Waals surface area contributed by atoms with Crippen LogP contribution in [-0.2, 0) is 0 Å². The van der Waals surface area contributed by atoms with Gasteiger partial charge in [0, 0.05) is 6.61 Å². The summed E-state index contributed by atoms with van der Waals surface area (Å²) in [5, 5.41) is 8.58. The molecule has 1 radical (unpaired) electrons. The monoisotopic (exact) mass is 127 g/mol. The summed E-state index contributed by atoms with van der Waals surface area (Å²) in [6.07, 6.45) is 5.89. The van der Waals surface area contributed by atoms with Crippen molar-refractivity contribution in [3.05, 3.63) is 19.1 Å². The molecule has 1 N–H and O–H groups in total. The van der Waals surface area contributed by atoms with Crippen LogP contribution in [0.25, 0.3) is 0 Å². The summed E-state index contributed by atoms with van der Waals surface area (Å²) in [7, 11) is 0. The van der Waals surface area contributed by atoms with Crippen LogP contribution in [0.5, 0.6) is 0 Å². The third kappa shape index (κ3) is 5.57. The van der Waals surface area contributed by atoms with E-state index in [4.69, 9.17) is 5.11 Å². The molecule has 53 valence electrons. The lowest BCUT2D eigenvalue weighted by atomic mass is 10.1. The van der Waals surface area contributed by atoms with Crippen LogP contribution in [0.1, 0.15) is 19.8 Å². The van der Waals surface area contributed by atoms with E-state index in [0.717, 1.165) is 12.8 Å². The Balaban J connectivity index is 3.15. The Morgan fingerprint density at radius 3 is 2.67 bits per heavy atom. The lowest BCUT2D eigenvalue weighted by Gasteiger charge is -2.00. The highest BCUT2D eigenvalue weighted by molar-refractivity contribution is 4.83. The van der Waals surface area contributed by atoms with Crippen LogP contribution in [0.2, 0.25) is 0 Å². The minimum Gasteiger partial charge on any atom is -0.396 e. The first kappa shape index (κ1) is 8.70. The average Bonchev–Trinajstić information content (AvgIpc) is 1.89. The molecule has 0 fully saturated rings. The molecule has 0 saturated carbocycles. The summed E-state index contributed by atoms with van der Waals surface area (Å²) in [6.45, 7) is 5.96. The first-order valence-electron chi connectivity index (χ1n) is 3.36. The van der Waals surface area contributed by atoms with Gasteiger partial charge in [0.25, 0.3) is 0 Å². The van der Waals surface area contributed by atoms with Gasteiger partial charge in [-0.1, -0.05) is 19.1 Å². The Bertz CT molecular complexity index is 76.6. The summed E-state index contributed by atoms with van der Waals surface area (Å²) >= 11 is 0. The van der Waals surface area contributed by atoms with Crippen molar-refractivity contribution < 1.29 is 5.11 Å². The molecule has 1 heteroatoms. The van der Waals surface area contributed by atoms with E-state index in [1.54, 1.807) is 0 Å². The number of aliphatic hydroxyl groups is 1. The second kappa shape index (κ2) is 5.83. The largest absolute Gasteiger partial charge is 0.396 e. The quantitative estimate of drug-likeness (QED) is 0.571. The molecule has 0 heterocycles. The van der Waals surface area contributed by atoms with Gasteiger partial charge >= 0.3 is 0 Å². The normalized spacial score (nSPS) is 14.6. The lowest BCUT2D eigenvalue weighted by molar-refractivity contribution is 0.239. The fraction of sp³-hybridized carbons (Fsp3) is 0.625. The fourth-order valence-corrected chi connectivity index (χ4v) is 0.521. The molecule has 0 rings (SSSR count). The third-order valence-electron chi connectivity index (χ3n) is 1.18. The van der Waals surface area contributed by atoms with Crippen molar-refractivity contribution in [2.24, 2.45) is 5.92 Å². The SMILES string of the molecule is [CH2]CC=CCC(C)CO. The first-order chi connectivity index (χ1) is 4.31. The summed E-state index contributed by atoms with van der Waals surface area (Å²) in [5.41, 5.74) is 0. The zero-order valence-electron chi connectivity index (χ0n) is 6.01. The van der Waals surface area contributed by atoms with Crippen molar-refractivity contribution in [1.82, 2.24) is 0 Å². The van der Waals surface area contributed by atoms with Crippen molar-refractivity contribution in [3.8, 4) is 0 Å². The molecule has 0 amide bonds. The maximum atomic E-state index is 8.58. The topological polar surface area (TPSA) is 20.2 Å². The lowest BCUT2D eigenvalue weighted by Crippen LogP contribution is -1.97. The molecule has 0 bridgehead atoms. The highest BCUT2D eigenvalue weighted by Gasteiger charge is 1.93. The first-order valence-corrected chi connectivity index (χ1v) is 3.36. The van der Waals surface area contributed by atoms with E-state index in [-0.39, 0.29) is 6.61 Å². The zero-order chi connectivity index (χ0) is 7.11. The number of rotatable bonds is 4. The van der Waals surface area contributed by atoms with E-state index in [9.17, 15) is 0 Å². The molecule has 0 aliphatic heterocycles. The van der Waals surface area contributed by atoms with E-state index in [1.807, 2.05) is 13.0 Å². The summed E-state index contributed by atoms with van der Waals surface area (Å²) in [6, 6.07) is 0. The Kier molecular flexibility index (Phi) is 5.64. The number of allylic oxidation sites excluding steroid dienone is 2. The Labute approximate surface area is 57.4 Å². The molecule has 0 aliphatic rings. The van der Waals surface area contributed by atoms with E-state index >= 15 is 0 Å². The average molecular weight is 127 g/mol. The second-order valence-electron chi connectivity index (χ2n) is 2.28. The van der Waals surface area contributed by atoms with Gasteiger partial charge in [-0.2, -0.15) is 0 Å². The molecule has 0 aromatic heterocycles. The van der Waals surface area contributed by atoms with Crippen LogP contribution in [-0.4, -0.2) is 11.7 Å². The van der Waals surface area contributed by atoms with Crippen LogP contribution in [0, 0.1) is 12.8 Å². The molecule has 0 spiro atoms. The van der Waals surface area contributed by atoms with Crippen LogP contribution < -0.4 is 0 Å². The molecule has 1 unspecified atom stereocenters. The molecule has 1 nitrogen and oxygen atoms in total. The van der Waals surface area contributed by atoms with Gasteiger partial charge in [0.2, 0.25) is 0 Å². The summed E-state index contributed by atoms with van der Waals surface area (Å²) in [4.78, 5) is 0. The van der Waals surface area contributed by atoms with Crippen molar-refractivity contribution in [2.45, 2.75) is 19.8 Å². The maximum absolute atomic E-state index is 8.58. The van der Waals surface area contributed by atoms with Gasteiger partial charge in [0.1, 0.15) is 0 Å². The third-order valence-corrected chi connectivity index (χ3v) is 1.18. The number of hydrogen-bond acceptors (Lipinski definition) is 1. The highest BCUT2D eigenvalue weighted by Crippen LogP contribution is 2.00. The predicted octanol–water partition coefficient (Wildman–Crippen LogP) is 1.79. The van der Waals surface area contributed by atoms with Gasteiger partial charge in [-0.05, 0) is 25.7 Å². The highest BCUT2D eigenvalue weighted by atomic mass is 16.3. The van der Waals surface area contributed by atoms with Gasteiger partial charge in [-0.15, -0.1) is 0 Å². The van der Waals surface area contributed by atoms with Gasteiger partial charge in [-0.25, -0.2) is 0 Å². The molecule has 0 aromatic carbocycles. The zero-order valence-corrected chi connectivity index (χ0v) is 6.01. The van der Waals surface area contributed by atoms with Crippen molar-refractivity contribution in [3.63, 3.8) is 0 Å². The predicted molar refractivity (Wildman–Crippen MR) is 40.0 cm³/mol. The number of hydrogen-bond donors (Lipinski definition) is 1. The van der Waals surface area contributed by atoms with Crippen LogP contribution in [0.15, 0.2) is 12.2 Å². The van der Waals surface area contributed by atoms with Crippen LogP contribution >= 0.6 is 0 Å². The van der Waals surface area contributed by atoms with Crippen molar-refractivity contribution in [2.75, 3.05) is 6.61 Å². The molecule has 0 aliphatic carbocycles. The van der Waals surface area contributed by atoms with Crippen LogP contribution in [0.4, 0.5) is 0 Å². The van der Waals surface area contributed by atoms with E-state index in [1.165, 1.54) is 0 Å². The molecule has 9 heavy (non-hydrogen) atoms. The minimum atomic E-state index is 0.279. The van der Waals surface area contributed by atoms with E-state index < -0.39 is 0 Å². The maximum Gasteiger partial charge on any atom is 0.0459 e. The van der Waals surface area contributed by atoms with Crippen molar-refractivity contribution >= 4 is 0 Å². The Hall–Kier alpha value is -0.300. The van der Waals surface area contributed by atoms with Gasteiger partial charge in [0.15, 0.2) is 0 Å². The van der Waals surface area contributed by atoms with E-state index in [0.29, 0.717) is 5.92 Å². The molecule has 1 atom stereocenters. The van der Waals surface area contributed by atoms with Gasteiger partial charge in [0.05, 0.1) is 0 Å². The molecular weight excluding hydrogens is 112 g/mol. The minimum absolute atomic E-state index is 0.279. The fourth-order valence-electron chi connectivity index (χ4n) is 0.521. The molecular formula is C8H15O. The Morgan fingerprint density at radius 1 is 1.56 bits per heavy atom. The van der Waals surface area contributed by atoms with Crippen molar-refractivity contribution in [1.29, 1.82) is 0 Å². The van der Waals surface area contributed by atoms with Crippen LogP contribution in [0.3, 0.4) is 0 Å². The van der Waals surface area contributed by atoms with Gasteiger partial charge < -0.3 is 5.11 Å².